The summed E-state index contributed by atoms with van der Waals surface area (Å²) in [6.45, 7) is 5.20. The highest BCUT2D eigenvalue weighted by Crippen LogP contribution is 2.30. The first-order chi connectivity index (χ1) is 5.38. The van der Waals surface area contributed by atoms with Crippen LogP contribution in [-0.2, 0) is 9.47 Å². The maximum Gasteiger partial charge on any atom is 0.163 e. The molecular formula is C8H16O3. The van der Waals surface area contributed by atoms with Crippen LogP contribution in [0.2, 0.25) is 0 Å². The lowest BCUT2D eigenvalue weighted by atomic mass is 10.0. The summed E-state index contributed by atoms with van der Waals surface area (Å²) >= 11 is 0. The number of fused-ring (bicyclic) bond motifs is 1. The van der Waals surface area contributed by atoms with Gasteiger partial charge in [-0.2, -0.15) is 0 Å². The van der Waals surface area contributed by atoms with Crippen LogP contribution in [0.1, 0.15) is 20.3 Å². The number of ether oxygens (including phenoxy) is 2. The number of aliphatic hydroxyl groups excluding tert-OH is 1. The van der Waals surface area contributed by atoms with Crippen LogP contribution in [0, 0.1) is 5.92 Å². The first kappa shape index (κ1) is 8.97. The van der Waals surface area contributed by atoms with Crippen LogP contribution in [0.4, 0.5) is 0 Å². The molecule has 0 saturated carbocycles. The van der Waals surface area contributed by atoms with Gasteiger partial charge in [0.1, 0.15) is 0 Å². The van der Waals surface area contributed by atoms with Gasteiger partial charge in [0.2, 0.25) is 0 Å². The van der Waals surface area contributed by atoms with E-state index < -0.39 is 0 Å². The SMILES string of the molecule is CC.OC1COC2OCC[C@@H]12. The molecule has 2 aliphatic rings. The average molecular weight is 160 g/mol. The lowest BCUT2D eigenvalue weighted by molar-refractivity contribution is -0.0907. The van der Waals surface area contributed by atoms with Gasteiger partial charge in [0.15, 0.2) is 6.29 Å². The Balaban J connectivity index is 0.000000281. The van der Waals surface area contributed by atoms with E-state index in [-0.39, 0.29) is 18.3 Å². The molecule has 3 nitrogen and oxygen atoms in total. The third-order valence-corrected chi connectivity index (χ3v) is 2.01. The molecule has 66 valence electrons. The summed E-state index contributed by atoms with van der Waals surface area (Å²) in [6, 6.07) is 0. The lowest BCUT2D eigenvalue weighted by Gasteiger charge is -2.06. The normalized spacial score (nSPS) is 41.2. The molecule has 2 fully saturated rings. The molecule has 0 radical (unpaired) electrons. The Morgan fingerprint density at radius 1 is 1.27 bits per heavy atom. The van der Waals surface area contributed by atoms with Gasteiger partial charge in [0.25, 0.3) is 0 Å². The molecule has 0 aliphatic carbocycles. The van der Waals surface area contributed by atoms with E-state index >= 15 is 0 Å². The zero-order valence-electron chi connectivity index (χ0n) is 7.12. The summed E-state index contributed by atoms with van der Waals surface area (Å²) < 4.78 is 10.3. The van der Waals surface area contributed by atoms with Crippen molar-refractivity contribution in [1.82, 2.24) is 0 Å². The maximum absolute atomic E-state index is 9.19. The molecule has 2 aliphatic heterocycles. The summed E-state index contributed by atoms with van der Waals surface area (Å²) in [5, 5.41) is 9.19. The molecule has 11 heavy (non-hydrogen) atoms. The van der Waals surface area contributed by atoms with Crippen LogP contribution in [0.3, 0.4) is 0 Å². The Kier molecular flexibility index (Phi) is 3.30. The van der Waals surface area contributed by atoms with Crippen molar-refractivity contribution in [2.75, 3.05) is 13.2 Å². The fourth-order valence-corrected chi connectivity index (χ4v) is 1.44. The van der Waals surface area contributed by atoms with Crippen molar-refractivity contribution in [3.63, 3.8) is 0 Å². The number of rotatable bonds is 0. The summed E-state index contributed by atoms with van der Waals surface area (Å²) in [7, 11) is 0. The van der Waals surface area contributed by atoms with Gasteiger partial charge in [-0.05, 0) is 6.42 Å². The number of hydrogen-bond acceptors (Lipinski definition) is 3. The molecule has 0 spiro atoms. The molecule has 2 unspecified atom stereocenters. The molecule has 1 N–H and O–H groups in total. The van der Waals surface area contributed by atoms with E-state index in [1.807, 2.05) is 13.8 Å². The van der Waals surface area contributed by atoms with Crippen molar-refractivity contribution in [3.05, 3.63) is 0 Å². The monoisotopic (exact) mass is 160 g/mol. The van der Waals surface area contributed by atoms with Crippen LogP contribution in [0.15, 0.2) is 0 Å². The van der Waals surface area contributed by atoms with Gasteiger partial charge in [-0.1, -0.05) is 13.8 Å². The highest BCUT2D eigenvalue weighted by atomic mass is 16.7. The second-order valence-corrected chi connectivity index (χ2v) is 2.59. The smallest absolute Gasteiger partial charge is 0.163 e. The Labute approximate surface area is 67.3 Å². The van der Waals surface area contributed by atoms with E-state index in [0.29, 0.717) is 6.61 Å². The zero-order chi connectivity index (χ0) is 8.27. The third kappa shape index (κ3) is 1.72. The van der Waals surface area contributed by atoms with Crippen LogP contribution in [0.5, 0.6) is 0 Å². The average Bonchev–Trinajstić information content (AvgIpc) is 2.60. The van der Waals surface area contributed by atoms with E-state index in [1.165, 1.54) is 0 Å². The molecular weight excluding hydrogens is 144 g/mol. The molecule has 3 atom stereocenters. The van der Waals surface area contributed by atoms with E-state index in [9.17, 15) is 5.11 Å². The molecule has 0 bridgehead atoms. The molecule has 0 aromatic rings. The van der Waals surface area contributed by atoms with E-state index in [1.54, 1.807) is 0 Å². The van der Waals surface area contributed by atoms with E-state index in [0.717, 1.165) is 13.0 Å². The first-order valence-electron chi connectivity index (χ1n) is 4.29. The topological polar surface area (TPSA) is 38.7 Å². The van der Waals surface area contributed by atoms with Crippen molar-refractivity contribution in [1.29, 1.82) is 0 Å². The second kappa shape index (κ2) is 4.04. The van der Waals surface area contributed by atoms with Gasteiger partial charge < -0.3 is 14.6 Å². The largest absolute Gasteiger partial charge is 0.390 e. The van der Waals surface area contributed by atoms with Crippen LogP contribution in [0.25, 0.3) is 0 Å². The van der Waals surface area contributed by atoms with Crippen molar-refractivity contribution < 1.29 is 14.6 Å². The molecule has 2 saturated heterocycles. The number of aliphatic hydroxyl groups is 1. The minimum atomic E-state index is -0.280. The van der Waals surface area contributed by atoms with Gasteiger partial charge in [-0.3, -0.25) is 0 Å². The fraction of sp³-hybridized carbons (Fsp3) is 1.00. The van der Waals surface area contributed by atoms with Gasteiger partial charge in [-0.15, -0.1) is 0 Å². The Morgan fingerprint density at radius 2 is 2.00 bits per heavy atom. The Bertz CT molecular complexity index is 116. The molecule has 0 amide bonds. The quantitative estimate of drug-likeness (QED) is 0.568. The van der Waals surface area contributed by atoms with Gasteiger partial charge in [0, 0.05) is 5.92 Å². The molecule has 0 aromatic heterocycles. The molecule has 2 rings (SSSR count). The van der Waals surface area contributed by atoms with Crippen LogP contribution >= 0.6 is 0 Å². The first-order valence-corrected chi connectivity index (χ1v) is 4.29. The second-order valence-electron chi connectivity index (χ2n) is 2.59. The molecule has 2 heterocycles. The Morgan fingerprint density at radius 3 is 2.64 bits per heavy atom. The third-order valence-electron chi connectivity index (χ3n) is 2.01. The maximum atomic E-state index is 9.19. The highest BCUT2D eigenvalue weighted by molar-refractivity contribution is 4.81. The minimum Gasteiger partial charge on any atom is -0.390 e. The van der Waals surface area contributed by atoms with Gasteiger partial charge in [-0.25, -0.2) is 0 Å². The predicted octanol–water partition coefficient (Wildman–Crippen LogP) is 0.766. The van der Waals surface area contributed by atoms with Crippen molar-refractivity contribution in [2.45, 2.75) is 32.7 Å². The van der Waals surface area contributed by atoms with E-state index in [2.05, 4.69) is 0 Å². The van der Waals surface area contributed by atoms with E-state index in [4.69, 9.17) is 9.47 Å². The summed E-state index contributed by atoms with van der Waals surface area (Å²) in [5.74, 6) is 0.255. The summed E-state index contributed by atoms with van der Waals surface area (Å²) in [5.41, 5.74) is 0. The Hall–Kier alpha value is -0.120. The zero-order valence-corrected chi connectivity index (χ0v) is 7.12. The van der Waals surface area contributed by atoms with Crippen LogP contribution < -0.4 is 0 Å². The van der Waals surface area contributed by atoms with Crippen LogP contribution in [-0.4, -0.2) is 30.7 Å². The summed E-state index contributed by atoms with van der Waals surface area (Å²) in [6.07, 6.45) is 0.573. The number of hydrogen-bond donors (Lipinski definition) is 1. The minimum absolute atomic E-state index is 0.0972. The molecule has 0 aromatic carbocycles. The fourth-order valence-electron chi connectivity index (χ4n) is 1.44. The van der Waals surface area contributed by atoms with Crippen molar-refractivity contribution in [2.24, 2.45) is 5.92 Å². The van der Waals surface area contributed by atoms with Crippen molar-refractivity contribution >= 4 is 0 Å². The lowest BCUT2D eigenvalue weighted by Crippen LogP contribution is -2.18. The standard InChI is InChI=1S/C6H10O3.C2H6/c7-5-3-9-6-4(5)1-2-8-6;1-2/h4-7H,1-3H2;1-2H3/t4-,5?,6?;/m0./s1. The van der Waals surface area contributed by atoms with Gasteiger partial charge in [0.05, 0.1) is 19.3 Å². The summed E-state index contributed by atoms with van der Waals surface area (Å²) in [4.78, 5) is 0. The predicted molar refractivity (Wildman–Crippen MR) is 41.2 cm³/mol. The van der Waals surface area contributed by atoms with Crippen molar-refractivity contribution in [3.8, 4) is 0 Å². The molecule has 3 heteroatoms. The van der Waals surface area contributed by atoms with Gasteiger partial charge >= 0.3 is 0 Å². The highest BCUT2D eigenvalue weighted by Gasteiger charge is 2.40.